The van der Waals surface area contributed by atoms with Crippen molar-refractivity contribution in [2.24, 2.45) is 0 Å². The second-order valence-corrected chi connectivity index (χ2v) is 4.48. The molecule has 3 aromatic rings. The molecule has 1 unspecified atom stereocenters. The second kappa shape index (κ2) is 4.86. The average Bonchev–Trinajstić information content (AvgIpc) is 2.92. The third-order valence-electron chi connectivity index (χ3n) is 3.24. The molecule has 1 aromatic heterocycles. The van der Waals surface area contributed by atoms with Crippen LogP contribution in [-0.2, 0) is 6.42 Å². The number of aliphatic hydroxyl groups excluding tert-OH is 1. The molecule has 1 N–H and O–H groups in total. The molecule has 0 bridgehead atoms. The predicted molar refractivity (Wildman–Crippen MR) is 71.3 cm³/mol. The van der Waals surface area contributed by atoms with E-state index in [1.54, 1.807) is 30.5 Å². The van der Waals surface area contributed by atoms with Gasteiger partial charge in [0.2, 0.25) is 0 Å². The maximum Gasteiger partial charge on any atom is 0.131 e. The Bertz CT molecular complexity index is 689. The summed E-state index contributed by atoms with van der Waals surface area (Å²) in [7, 11) is 0. The largest absolute Gasteiger partial charge is 0.469 e. The molecular weight excluding hydrogens is 243 g/mol. The van der Waals surface area contributed by atoms with Gasteiger partial charge in [0, 0.05) is 11.8 Å². The summed E-state index contributed by atoms with van der Waals surface area (Å²) in [5, 5.41) is 11.6. The fourth-order valence-corrected chi connectivity index (χ4v) is 2.31. The molecule has 0 fully saturated rings. The number of halogens is 1. The van der Waals surface area contributed by atoms with Gasteiger partial charge >= 0.3 is 0 Å². The molecule has 3 rings (SSSR count). The van der Waals surface area contributed by atoms with Crippen LogP contribution in [-0.4, -0.2) is 5.11 Å². The van der Waals surface area contributed by atoms with Crippen LogP contribution < -0.4 is 0 Å². The van der Waals surface area contributed by atoms with Crippen LogP contribution in [0.4, 0.5) is 4.39 Å². The highest BCUT2D eigenvalue weighted by molar-refractivity contribution is 5.86. The Morgan fingerprint density at radius 2 is 1.79 bits per heavy atom. The van der Waals surface area contributed by atoms with Gasteiger partial charge in [-0.05, 0) is 29.1 Å². The Hall–Kier alpha value is -2.13. The van der Waals surface area contributed by atoms with Gasteiger partial charge in [0.25, 0.3) is 0 Å². The van der Waals surface area contributed by atoms with E-state index in [1.165, 1.54) is 6.07 Å². The van der Waals surface area contributed by atoms with E-state index in [2.05, 4.69) is 0 Å². The van der Waals surface area contributed by atoms with Gasteiger partial charge in [-0.15, -0.1) is 0 Å². The van der Waals surface area contributed by atoms with Crippen LogP contribution in [0.1, 0.15) is 17.4 Å². The molecule has 2 nitrogen and oxygen atoms in total. The first-order chi connectivity index (χ1) is 9.25. The Balaban J connectivity index is 2.03. The number of benzene rings is 2. The Kier molecular flexibility index (Phi) is 3.05. The highest BCUT2D eigenvalue weighted by Gasteiger charge is 2.14. The maximum absolute atomic E-state index is 13.7. The van der Waals surface area contributed by atoms with Crippen LogP contribution in [0.5, 0.6) is 0 Å². The molecule has 3 heteroatoms. The van der Waals surface area contributed by atoms with Crippen LogP contribution in [0, 0.1) is 5.82 Å². The summed E-state index contributed by atoms with van der Waals surface area (Å²) < 4.78 is 18.9. The first-order valence-electron chi connectivity index (χ1n) is 6.13. The minimum Gasteiger partial charge on any atom is -0.469 e. The molecule has 0 amide bonds. The Morgan fingerprint density at radius 3 is 2.53 bits per heavy atom. The lowest BCUT2D eigenvalue weighted by atomic mass is 9.98. The molecule has 96 valence electrons. The summed E-state index contributed by atoms with van der Waals surface area (Å²) in [6.45, 7) is 0. The van der Waals surface area contributed by atoms with Crippen molar-refractivity contribution in [1.29, 1.82) is 0 Å². The van der Waals surface area contributed by atoms with Crippen LogP contribution in [0.3, 0.4) is 0 Å². The third-order valence-corrected chi connectivity index (χ3v) is 3.24. The number of hydrogen-bond donors (Lipinski definition) is 1. The van der Waals surface area contributed by atoms with Crippen LogP contribution >= 0.6 is 0 Å². The van der Waals surface area contributed by atoms with Gasteiger partial charge in [0.05, 0.1) is 12.4 Å². The van der Waals surface area contributed by atoms with Crippen molar-refractivity contribution < 1.29 is 13.9 Å². The quantitative estimate of drug-likeness (QED) is 0.772. The van der Waals surface area contributed by atoms with Crippen LogP contribution in [0.15, 0.2) is 59.2 Å². The van der Waals surface area contributed by atoms with Gasteiger partial charge in [-0.2, -0.15) is 0 Å². The maximum atomic E-state index is 13.7. The lowest BCUT2D eigenvalue weighted by Crippen LogP contribution is -2.02. The minimum absolute atomic E-state index is 0.274. The van der Waals surface area contributed by atoms with E-state index in [4.69, 9.17) is 4.42 Å². The number of hydrogen-bond acceptors (Lipinski definition) is 2. The molecule has 1 atom stereocenters. The Morgan fingerprint density at radius 1 is 1.00 bits per heavy atom. The summed E-state index contributed by atoms with van der Waals surface area (Å²) in [5.41, 5.74) is 0.716. The molecule has 0 radical (unpaired) electrons. The van der Waals surface area contributed by atoms with E-state index in [-0.39, 0.29) is 5.82 Å². The van der Waals surface area contributed by atoms with E-state index >= 15 is 0 Å². The zero-order valence-electron chi connectivity index (χ0n) is 10.2. The van der Waals surface area contributed by atoms with Gasteiger partial charge < -0.3 is 9.52 Å². The fourth-order valence-electron chi connectivity index (χ4n) is 2.31. The molecule has 1 heterocycles. The molecule has 0 saturated carbocycles. The van der Waals surface area contributed by atoms with Crippen molar-refractivity contribution >= 4 is 10.8 Å². The van der Waals surface area contributed by atoms with Crippen molar-refractivity contribution in [1.82, 2.24) is 0 Å². The monoisotopic (exact) mass is 256 g/mol. The van der Waals surface area contributed by atoms with E-state index in [0.29, 0.717) is 23.1 Å². The van der Waals surface area contributed by atoms with Crippen molar-refractivity contribution in [2.45, 2.75) is 12.5 Å². The minimum atomic E-state index is -0.711. The van der Waals surface area contributed by atoms with Crippen molar-refractivity contribution in [3.63, 3.8) is 0 Å². The molecule has 0 aliphatic heterocycles. The van der Waals surface area contributed by atoms with Crippen LogP contribution in [0.25, 0.3) is 10.8 Å². The van der Waals surface area contributed by atoms with Gasteiger partial charge in [-0.1, -0.05) is 30.3 Å². The SMILES string of the molecule is OC(Cc1ccco1)c1ccc(F)c2ccccc12. The zero-order valence-corrected chi connectivity index (χ0v) is 10.2. The standard InChI is InChI=1S/C16H13FO2/c17-15-8-7-14(12-5-1-2-6-13(12)15)16(18)10-11-4-3-9-19-11/h1-9,16,18H,10H2. The molecule has 0 spiro atoms. The highest BCUT2D eigenvalue weighted by atomic mass is 19.1. The number of aliphatic hydroxyl groups is 1. The molecule has 0 aliphatic carbocycles. The summed E-state index contributed by atoms with van der Waals surface area (Å²) in [4.78, 5) is 0. The van der Waals surface area contributed by atoms with Crippen molar-refractivity contribution in [3.8, 4) is 0 Å². The summed E-state index contributed by atoms with van der Waals surface area (Å²) in [6.07, 6.45) is 1.24. The Labute approximate surface area is 110 Å². The van der Waals surface area contributed by atoms with E-state index in [9.17, 15) is 9.50 Å². The summed E-state index contributed by atoms with van der Waals surface area (Å²) in [5.74, 6) is 0.436. The van der Waals surface area contributed by atoms with Crippen molar-refractivity contribution in [2.75, 3.05) is 0 Å². The number of furan rings is 1. The number of fused-ring (bicyclic) bond motifs is 1. The first-order valence-corrected chi connectivity index (χ1v) is 6.13. The van der Waals surface area contributed by atoms with Gasteiger partial charge in [-0.25, -0.2) is 4.39 Å². The normalized spacial score (nSPS) is 12.7. The third kappa shape index (κ3) is 2.25. The molecule has 0 saturated heterocycles. The first kappa shape index (κ1) is 11.9. The summed E-state index contributed by atoms with van der Waals surface area (Å²) in [6, 6.07) is 13.8. The van der Waals surface area contributed by atoms with E-state index in [0.717, 1.165) is 5.39 Å². The second-order valence-electron chi connectivity index (χ2n) is 4.48. The van der Waals surface area contributed by atoms with E-state index in [1.807, 2.05) is 18.2 Å². The zero-order chi connectivity index (χ0) is 13.2. The summed E-state index contributed by atoms with van der Waals surface area (Å²) >= 11 is 0. The van der Waals surface area contributed by atoms with Gasteiger partial charge in [0.1, 0.15) is 11.6 Å². The predicted octanol–water partition coefficient (Wildman–Crippen LogP) is 3.85. The lowest BCUT2D eigenvalue weighted by Gasteiger charge is -2.13. The topological polar surface area (TPSA) is 33.4 Å². The lowest BCUT2D eigenvalue weighted by molar-refractivity contribution is 0.172. The molecule has 19 heavy (non-hydrogen) atoms. The van der Waals surface area contributed by atoms with Gasteiger partial charge in [0.15, 0.2) is 0 Å². The van der Waals surface area contributed by atoms with Gasteiger partial charge in [-0.3, -0.25) is 0 Å². The average molecular weight is 256 g/mol. The fraction of sp³-hybridized carbons (Fsp3) is 0.125. The van der Waals surface area contributed by atoms with Crippen LogP contribution in [0.2, 0.25) is 0 Å². The molecular formula is C16H13FO2. The highest BCUT2D eigenvalue weighted by Crippen LogP contribution is 2.28. The van der Waals surface area contributed by atoms with E-state index < -0.39 is 6.10 Å². The van der Waals surface area contributed by atoms with Crippen molar-refractivity contribution in [3.05, 3.63) is 71.9 Å². The molecule has 2 aromatic carbocycles. The smallest absolute Gasteiger partial charge is 0.131 e. The number of rotatable bonds is 3. The molecule has 0 aliphatic rings.